The molecule has 0 aromatic rings. The Hall–Kier alpha value is -1.31. The van der Waals surface area contributed by atoms with E-state index in [1.807, 2.05) is 5.32 Å². The molecule has 5 nitrogen and oxygen atoms in total. The van der Waals surface area contributed by atoms with Crippen LogP contribution in [0.15, 0.2) is 0 Å². The molecule has 0 spiro atoms. The monoisotopic (exact) mass is 281 g/mol. The number of rotatable bonds is 4. The summed E-state index contributed by atoms with van der Waals surface area (Å²) >= 11 is 0. The molecular weight excluding hydrogens is 263 g/mol. The van der Waals surface area contributed by atoms with E-state index in [9.17, 15) is 22.8 Å². The molecule has 0 aromatic carbocycles. The number of nitrogens with one attached hydrogen (secondary N) is 2. The van der Waals surface area contributed by atoms with Crippen molar-refractivity contribution >= 4 is 11.8 Å². The molecule has 2 N–H and O–H groups in total. The van der Waals surface area contributed by atoms with Gasteiger partial charge in [-0.1, -0.05) is 0 Å². The van der Waals surface area contributed by atoms with Crippen molar-refractivity contribution in [1.29, 1.82) is 0 Å². The Morgan fingerprint density at radius 2 is 1.84 bits per heavy atom. The zero-order chi connectivity index (χ0) is 14.5. The summed E-state index contributed by atoms with van der Waals surface area (Å²) in [6, 6.07) is -0.0733. The highest BCUT2D eigenvalue weighted by Crippen LogP contribution is 2.12. The molecule has 0 atom stereocenters. The Bertz CT molecular complexity index is 326. The lowest BCUT2D eigenvalue weighted by Crippen LogP contribution is -2.48. The van der Waals surface area contributed by atoms with Crippen molar-refractivity contribution in [3.05, 3.63) is 0 Å². The van der Waals surface area contributed by atoms with Gasteiger partial charge in [-0.2, -0.15) is 13.2 Å². The van der Waals surface area contributed by atoms with Crippen LogP contribution in [0.1, 0.15) is 19.8 Å². The highest BCUT2D eigenvalue weighted by molar-refractivity contribution is 5.78. The first-order valence-electron chi connectivity index (χ1n) is 6.10. The maximum atomic E-state index is 11.9. The second-order valence-corrected chi connectivity index (χ2v) is 4.57. The van der Waals surface area contributed by atoms with Crippen molar-refractivity contribution in [2.75, 3.05) is 26.2 Å². The van der Waals surface area contributed by atoms with E-state index in [1.165, 1.54) is 6.92 Å². The van der Waals surface area contributed by atoms with E-state index in [0.717, 1.165) is 0 Å². The highest BCUT2D eigenvalue weighted by atomic mass is 19.4. The molecular formula is C11H18F3N3O2. The van der Waals surface area contributed by atoms with Gasteiger partial charge in [-0.05, 0) is 12.8 Å². The summed E-state index contributed by atoms with van der Waals surface area (Å²) in [5.41, 5.74) is 0. The van der Waals surface area contributed by atoms with E-state index in [1.54, 1.807) is 4.90 Å². The van der Waals surface area contributed by atoms with Crippen molar-refractivity contribution in [2.24, 2.45) is 0 Å². The van der Waals surface area contributed by atoms with Gasteiger partial charge in [0.05, 0.1) is 13.1 Å². The Balaban J connectivity index is 2.18. The van der Waals surface area contributed by atoms with Crippen LogP contribution in [0.25, 0.3) is 0 Å². The molecule has 110 valence electrons. The number of amides is 2. The van der Waals surface area contributed by atoms with Gasteiger partial charge in [-0.25, -0.2) is 0 Å². The van der Waals surface area contributed by atoms with Crippen molar-refractivity contribution in [3.63, 3.8) is 0 Å². The van der Waals surface area contributed by atoms with Crippen molar-refractivity contribution in [1.82, 2.24) is 15.5 Å². The first-order chi connectivity index (χ1) is 8.78. The number of carbonyl (C=O) groups is 2. The molecule has 1 fully saturated rings. The summed E-state index contributed by atoms with van der Waals surface area (Å²) in [6.07, 6.45) is -3.05. The average molecular weight is 281 g/mol. The van der Waals surface area contributed by atoms with Crippen molar-refractivity contribution in [2.45, 2.75) is 32.0 Å². The lowest BCUT2D eigenvalue weighted by Gasteiger charge is -2.31. The van der Waals surface area contributed by atoms with E-state index in [-0.39, 0.29) is 18.5 Å². The van der Waals surface area contributed by atoms with Gasteiger partial charge >= 0.3 is 6.18 Å². The molecule has 1 aliphatic heterocycles. The van der Waals surface area contributed by atoms with E-state index in [2.05, 4.69) is 5.32 Å². The predicted molar refractivity (Wildman–Crippen MR) is 62.3 cm³/mol. The van der Waals surface area contributed by atoms with Crippen LogP contribution in [0.3, 0.4) is 0 Å². The summed E-state index contributed by atoms with van der Waals surface area (Å²) in [7, 11) is 0. The zero-order valence-corrected chi connectivity index (χ0v) is 10.7. The SMILES string of the molecule is CC(=O)N1CCC(NC(=O)CNCC(F)(F)F)CC1. The zero-order valence-electron chi connectivity index (χ0n) is 10.7. The molecule has 1 saturated heterocycles. The molecule has 1 heterocycles. The summed E-state index contributed by atoms with van der Waals surface area (Å²) in [4.78, 5) is 24.2. The van der Waals surface area contributed by atoms with Crippen LogP contribution >= 0.6 is 0 Å². The van der Waals surface area contributed by atoms with Crippen molar-refractivity contribution in [3.8, 4) is 0 Å². The number of hydrogen-bond donors (Lipinski definition) is 2. The first-order valence-corrected chi connectivity index (χ1v) is 6.10. The third-order valence-corrected chi connectivity index (χ3v) is 2.92. The molecule has 0 radical (unpaired) electrons. The number of piperidine rings is 1. The topological polar surface area (TPSA) is 61.4 Å². The smallest absolute Gasteiger partial charge is 0.352 e. The minimum absolute atomic E-state index is 0.00313. The van der Waals surface area contributed by atoms with Gasteiger partial charge in [0.2, 0.25) is 11.8 Å². The van der Waals surface area contributed by atoms with Gasteiger partial charge in [0, 0.05) is 26.1 Å². The predicted octanol–water partition coefficient (Wildman–Crippen LogP) is 0.265. The number of likely N-dealkylation sites (tertiary alicyclic amines) is 1. The largest absolute Gasteiger partial charge is 0.401 e. The van der Waals surface area contributed by atoms with Crippen LogP contribution in [-0.4, -0.2) is 55.1 Å². The van der Waals surface area contributed by atoms with Crippen LogP contribution in [0, 0.1) is 0 Å². The summed E-state index contributed by atoms with van der Waals surface area (Å²) in [6.45, 7) is 1.09. The van der Waals surface area contributed by atoms with Crippen molar-refractivity contribution < 1.29 is 22.8 Å². The fraction of sp³-hybridized carbons (Fsp3) is 0.818. The average Bonchev–Trinajstić information content (AvgIpc) is 2.27. The summed E-state index contributed by atoms with van der Waals surface area (Å²) < 4.78 is 35.6. The van der Waals surface area contributed by atoms with Crippen LogP contribution in [-0.2, 0) is 9.59 Å². The molecule has 0 aromatic heterocycles. The van der Waals surface area contributed by atoms with E-state index in [0.29, 0.717) is 25.9 Å². The normalized spacial score (nSPS) is 17.4. The molecule has 0 bridgehead atoms. The first kappa shape index (κ1) is 15.7. The third-order valence-electron chi connectivity index (χ3n) is 2.92. The summed E-state index contributed by atoms with van der Waals surface area (Å²) in [5.74, 6) is -0.456. The molecule has 2 amide bonds. The number of alkyl halides is 3. The van der Waals surface area contributed by atoms with Gasteiger partial charge in [-0.15, -0.1) is 0 Å². The van der Waals surface area contributed by atoms with Gasteiger partial charge in [0.1, 0.15) is 0 Å². The maximum Gasteiger partial charge on any atom is 0.401 e. The lowest BCUT2D eigenvalue weighted by atomic mass is 10.1. The quantitative estimate of drug-likeness (QED) is 0.777. The van der Waals surface area contributed by atoms with Gasteiger partial charge in [0.15, 0.2) is 0 Å². The molecule has 0 aliphatic carbocycles. The van der Waals surface area contributed by atoms with Gasteiger partial charge in [-0.3, -0.25) is 9.59 Å². The molecule has 1 rings (SSSR count). The number of nitrogens with zero attached hydrogens (tertiary/aromatic N) is 1. The molecule has 0 unspecified atom stereocenters. The van der Waals surface area contributed by atoms with Crippen LogP contribution in [0.4, 0.5) is 13.2 Å². The van der Waals surface area contributed by atoms with Gasteiger partial charge < -0.3 is 15.5 Å². The molecule has 0 saturated carbocycles. The third kappa shape index (κ3) is 6.42. The Morgan fingerprint density at radius 3 is 2.32 bits per heavy atom. The standard InChI is InChI=1S/C11H18F3N3O2/c1-8(18)17-4-2-9(3-5-17)16-10(19)6-15-7-11(12,13)14/h9,15H,2-7H2,1H3,(H,16,19). The van der Waals surface area contributed by atoms with E-state index >= 15 is 0 Å². The Labute approximate surface area is 109 Å². The Morgan fingerprint density at radius 1 is 1.26 bits per heavy atom. The molecule has 19 heavy (non-hydrogen) atoms. The van der Waals surface area contributed by atoms with E-state index in [4.69, 9.17) is 0 Å². The second kappa shape index (κ2) is 6.74. The Kier molecular flexibility index (Phi) is 5.59. The number of carbonyl (C=O) groups excluding carboxylic acids is 2. The second-order valence-electron chi connectivity index (χ2n) is 4.57. The van der Waals surface area contributed by atoms with Crippen LogP contribution < -0.4 is 10.6 Å². The minimum atomic E-state index is -4.31. The highest BCUT2D eigenvalue weighted by Gasteiger charge is 2.27. The minimum Gasteiger partial charge on any atom is -0.352 e. The summed E-state index contributed by atoms with van der Waals surface area (Å²) in [5, 5.41) is 4.70. The number of halogens is 3. The van der Waals surface area contributed by atoms with Crippen LogP contribution in [0.2, 0.25) is 0 Å². The molecule has 8 heteroatoms. The van der Waals surface area contributed by atoms with E-state index < -0.39 is 18.6 Å². The lowest BCUT2D eigenvalue weighted by molar-refractivity contribution is -0.130. The fourth-order valence-corrected chi connectivity index (χ4v) is 1.94. The molecule has 1 aliphatic rings. The number of hydrogen-bond acceptors (Lipinski definition) is 3. The van der Waals surface area contributed by atoms with Gasteiger partial charge in [0.25, 0.3) is 0 Å². The maximum absolute atomic E-state index is 11.9. The van der Waals surface area contributed by atoms with Crippen LogP contribution in [0.5, 0.6) is 0 Å². The fourth-order valence-electron chi connectivity index (χ4n) is 1.94.